The molecule has 2 aliphatic heterocycles. The van der Waals surface area contributed by atoms with Gasteiger partial charge in [-0.3, -0.25) is 19.1 Å². The average Bonchev–Trinajstić information content (AvgIpc) is 4.26. The summed E-state index contributed by atoms with van der Waals surface area (Å²) in [6, 6.07) is 17.6. The number of nitrogens with zero attached hydrogens (tertiary/aromatic N) is 8. The first kappa shape index (κ1) is 54.5. The number of fused-ring (bicyclic) bond motifs is 2. The van der Waals surface area contributed by atoms with E-state index in [2.05, 4.69) is 15.5 Å². The van der Waals surface area contributed by atoms with Crippen molar-refractivity contribution < 1.29 is 41.1 Å². The summed E-state index contributed by atoms with van der Waals surface area (Å²) >= 11 is 0. The van der Waals surface area contributed by atoms with E-state index in [-0.39, 0.29) is 47.7 Å². The van der Waals surface area contributed by atoms with E-state index in [1.165, 1.54) is 37.8 Å². The monoisotopic (exact) mass is 1060 g/mol. The van der Waals surface area contributed by atoms with Gasteiger partial charge in [0.2, 0.25) is 20.0 Å². The molecule has 0 bridgehead atoms. The summed E-state index contributed by atoms with van der Waals surface area (Å²) in [4.78, 5) is 50.3. The number of carbonyl (C=O) groups excluding carboxylic acids is 2. The van der Waals surface area contributed by atoms with E-state index in [0.717, 1.165) is 96.2 Å². The van der Waals surface area contributed by atoms with Gasteiger partial charge in [0.25, 0.3) is 5.91 Å². The highest BCUT2D eigenvalue weighted by molar-refractivity contribution is 7.92. The predicted molar refractivity (Wildman–Crippen MR) is 281 cm³/mol. The number of halogens is 1. The number of hydrogen-bond acceptors (Lipinski definition) is 12. The fourth-order valence-corrected chi connectivity index (χ4v) is 10.2. The van der Waals surface area contributed by atoms with Gasteiger partial charge in [0.15, 0.2) is 11.3 Å². The number of anilines is 2. The van der Waals surface area contributed by atoms with E-state index < -0.39 is 31.6 Å². The SMILES string of the molecule is CC(C)(C)OC(=O)N1CCCC[C@H]1c1cc2nc(C3CC3)ccn2n1.Cc1ccc(NS(C)(=O)=O)c(C(=O)N2CCCC[C@H]2c2cc3nc(C4CC4)ccn3n2)c1.Cc1ccc(NS(C)(=O)=O)c(C(=O)O)c1.Cl. The number of ether oxygens (including phenoxy) is 1. The van der Waals surface area contributed by atoms with Crippen LogP contribution in [0.15, 0.2) is 73.1 Å². The number of aromatic nitrogens is 6. The van der Waals surface area contributed by atoms with Crippen LogP contribution in [-0.4, -0.2) is 110 Å². The summed E-state index contributed by atoms with van der Waals surface area (Å²) in [6.07, 6.45) is 16.3. The van der Waals surface area contributed by atoms with Crippen molar-refractivity contribution in [1.82, 2.24) is 39.0 Å². The number of carboxylic acid groups (broad SMARTS) is 1. The maximum atomic E-state index is 13.7. The zero-order chi connectivity index (χ0) is 51.7. The molecule has 4 aliphatic rings. The van der Waals surface area contributed by atoms with Crippen molar-refractivity contribution in [3.63, 3.8) is 0 Å². The van der Waals surface area contributed by atoms with Crippen LogP contribution < -0.4 is 9.44 Å². The maximum Gasteiger partial charge on any atom is 0.410 e. The first-order valence-corrected chi connectivity index (χ1v) is 28.2. The number of carbonyl (C=O) groups is 3. The number of carboxylic acids is 1. The molecular formula is C51H65ClN10O9S2. The minimum atomic E-state index is -3.51. The fraction of sp³-hybridized carbons (Fsp3) is 0.471. The Morgan fingerprint density at radius 1 is 0.616 bits per heavy atom. The molecule has 10 rings (SSSR count). The molecule has 4 aromatic heterocycles. The zero-order valence-corrected chi connectivity index (χ0v) is 44.7. The zero-order valence-electron chi connectivity index (χ0n) is 42.2. The van der Waals surface area contributed by atoms with Crippen molar-refractivity contribution in [3.8, 4) is 0 Å². The van der Waals surface area contributed by atoms with E-state index in [1.807, 2.05) is 72.6 Å². The van der Waals surface area contributed by atoms with Crippen LogP contribution in [0.2, 0.25) is 0 Å². The smallest absolute Gasteiger partial charge is 0.410 e. The van der Waals surface area contributed by atoms with E-state index in [1.54, 1.807) is 35.7 Å². The first-order valence-electron chi connectivity index (χ1n) is 24.4. The van der Waals surface area contributed by atoms with Gasteiger partial charge in [-0.2, -0.15) is 10.2 Å². The van der Waals surface area contributed by atoms with E-state index in [4.69, 9.17) is 30.0 Å². The van der Waals surface area contributed by atoms with Crippen LogP contribution in [-0.2, 0) is 24.8 Å². The van der Waals surface area contributed by atoms with E-state index in [0.29, 0.717) is 36.2 Å². The van der Waals surface area contributed by atoms with Gasteiger partial charge in [0.1, 0.15) is 5.60 Å². The third kappa shape index (κ3) is 14.3. The molecule has 6 aromatic rings. The summed E-state index contributed by atoms with van der Waals surface area (Å²) in [5, 5.41) is 18.3. The lowest BCUT2D eigenvalue weighted by atomic mass is 9.97. The van der Waals surface area contributed by atoms with Crippen molar-refractivity contribution in [2.24, 2.45) is 0 Å². The molecule has 0 unspecified atom stereocenters. The number of benzene rings is 2. The Kier molecular flexibility index (Phi) is 16.4. The molecule has 2 saturated heterocycles. The molecule has 2 amide bonds. The molecule has 22 heteroatoms. The lowest BCUT2D eigenvalue weighted by Gasteiger charge is -2.35. The van der Waals surface area contributed by atoms with Crippen LogP contribution in [0.1, 0.15) is 164 Å². The number of sulfonamides is 2. The third-order valence-electron chi connectivity index (χ3n) is 12.7. The van der Waals surface area contributed by atoms with E-state index >= 15 is 0 Å². The van der Waals surface area contributed by atoms with Crippen molar-refractivity contribution in [2.75, 3.05) is 35.0 Å². The number of hydrogen-bond donors (Lipinski definition) is 3. The molecule has 392 valence electrons. The molecule has 4 fully saturated rings. The Labute approximate surface area is 432 Å². The van der Waals surface area contributed by atoms with Crippen molar-refractivity contribution in [1.29, 1.82) is 0 Å². The molecule has 2 aliphatic carbocycles. The molecule has 6 heterocycles. The van der Waals surface area contributed by atoms with Gasteiger partial charge in [-0.1, -0.05) is 23.3 Å². The van der Waals surface area contributed by atoms with Crippen molar-refractivity contribution in [3.05, 3.63) is 118 Å². The van der Waals surface area contributed by atoms with Crippen LogP contribution in [0, 0.1) is 13.8 Å². The van der Waals surface area contributed by atoms with Gasteiger partial charge in [-0.05, 0) is 135 Å². The molecule has 2 saturated carbocycles. The number of nitrogens with one attached hydrogen (secondary N) is 2. The number of amides is 2. The van der Waals surface area contributed by atoms with Crippen LogP contribution in [0.3, 0.4) is 0 Å². The van der Waals surface area contributed by atoms with Gasteiger partial charge in [-0.25, -0.2) is 45.4 Å². The minimum Gasteiger partial charge on any atom is -0.478 e. The number of likely N-dealkylation sites (tertiary alicyclic amines) is 2. The highest BCUT2D eigenvalue weighted by atomic mass is 35.5. The lowest BCUT2D eigenvalue weighted by molar-refractivity contribution is 0.00893. The summed E-state index contributed by atoms with van der Waals surface area (Å²) in [6.45, 7) is 10.6. The molecule has 2 aromatic carbocycles. The highest BCUT2D eigenvalue weighted by Crippen LogP contribution is 2.41. The summed E-state index contributed by atoms with van der Waals surface area (Å²) < 4.78 is 59.4. The second-order valence-corrected chi connectivity index (χ2v) is 23.8. The first-order chi connectivity index (χ1) is 34.0. The quantitative estimate of drug-likeness (QED) is 0.116. The third-order valence-corrected chi connectivity index (χ3v) is 13.9. The molecule has 0 spiro atoms. The molecule has 2 atom stereocenters. The van der Waals surface area contributed by atoms with Crippen molar-refractivity contribution in [2.45, 2.75) is 128 Å². The summed E-state index contributed by atoms with van der Waals surface area (Å²) in [5.74, 6) is -0.164. The highest BCUT2D eigenvalue weighted by Gasteiger charge is 2.35. The number of aryl methyl sites for hydroxylation is 2. The Morgan fingerprint density at radius 3 is 1.49 bits per heavy atom. The Balaban J connectivity index is 0.000000170. The maximum absolute atomic E-state index is 13.7. The normalized spacial score (nSPS) is 18.1. The van der Waals surface area contributed by atoms with Gasteiger partial charge in [0, 0.05) is 60.8 Å². The standard InChI is InChI=1S/C23H27N5O3S.C19H26N4O2.C9H11NO4S.ClH/c1-15-6-9-19(26-32(2,30)31)17(13-15)23(29)27-11-4-3-5-21(27)20-14-22-24-18(16-7-8-16)10-12-28(22)25-20;1-19(2,3)25-18(24)22-10-5-4-6-16(22)15-12-17-20-14(13-7-8-13)9-11-23(17)21-15;1-6-3-4-8(10-15(2,13)14)7(5-6)9(11)12;/h6,9-10,12-14,16,21,26H,3-5,7-8,11H2,1-2H3;9,11-13,16H,4-8,10H2,1-3H3;3-5,10H,1-2H3,(H,11,12);1H/t21-;16-;;/m00../s1. The topological polar surface area (TPSA) is 240 Å². The van der Waals surface area contributed by atoms with Crippen LogP contribution in [0.4, 0.5) is 16.2 Å². The Morgan fingerprint density at radius 2 is 1.05 bits per heavy atom. The molecular weight excluding hydrogens is 996 g/mol. The fourth-order valence-electron chi connectivity index (χ4n) is 9.03. The molecule has 19 nitrogen and oxygen atoms in total. The van der Waals surface area contributed by atoms with Gasteiger partial charge < -0.3 is 14.7 Å². The summed E-state index contributed by atoms with van der Waals surface area (Å²) in [7, 11) is -6.97. The second-order valence-electron chi connectivity index (χ2n) is 20.3. The van der Waals surface area contributed by atoms with Crippen LogP contribution in [0.5, 0.6) is 0 Å². The van der Waals surface area contributed by atoms with Gasteiger partial charge >= 0.3 is 12.1 Å². The molecule has 73 heavy (non-hydrogen) atoms. The van der Waals surface area contributed by atoms with Crippen molar-refractivity contribution >= 4 is 73.1 Å². The van der Waals surface area contributed by atoms with E-state index in [9.17, 15) is 31.2 Å². The Hall–Kier alpha value is -6.32. The average molecular weight is 1060 g/mol. The minimum absolute atomic E-state index is 0. The number of piperidine rings is 2. The molecule has 0 radical (unpaired) electrons. The van der Waals surface area contributed by atoms with Crippen LogP contribution >= 0.6 is 12.4 Å². The van der Waals surface area contributed by atoms with Gasteiger partial charge in [-0.15, -0.1) is 12.4 Å². The largest absolute Gasteiger partial charge is 0.478 e. The van der Waals surface area contributed by atoms with Gasteiger partial charge in [0.05, 0.1) is 58.5 Å². The number of rotatable bonds is 10. The number of aromatic carboxylic acids is 1. The second kappa shape index (κ2) is 22.0. The Bertz CT molecular complexity index is 3240. The molecule has 3 N–H and O–H groups in total. The predicted octanol–water partition coefficient (Wildman–Crippen LogP) is 9.21. The summed E-state index contributed by atoms with van der Waals surface area (Å²) in [5.41, 5.74) is 7.52. The lowest BCUT2D eigenvalue weighted by Crippen LogP contribution is -2.42. The van der Waals surface area contributed by atoms with Crippen LogP contribution in [0.25, 0.3) is 11.3 Å².